The molecule has 1 fully saturated rings. The lowest BCUT2D eigenvalue weighted by Gasteiger charge is -2.30. The molecule has 0 unspecified atom stereocenters. The predicted molar refractivity (Wildman–Crippen MR) is 121 cm³/mol. The standard InChI is InChI=1S/C24H20ClF3N2O3/c25-18-4-1-16(2-5-18)22-9-6-19(33-22)7-10-23(31)29-20-15-17(24(26,27)28)3-8-21(20)30-11-13-32-14-12-30/h1-10,15H,11-14H2,(H,29,31). The van der Waals surface area contributed by atoms with Crippen molar-refractivity contribution in [2.75, 3.05) is 36.5 Å². The van der Waals surface area contributed by atoms with Crippen molar-refractivity contribution in [1.29, 1.82) is 0 Å². The van der Waals surface area contributed by atoms with Crippen LogP contribution < -0.4 is 10.2 Å². The molecule has 1 saturated heterocycles. The highest BCUT2D eigenvalue weighted by Crippen LogP contribution is 2.36. The van der Waals surface area contributed by atoms with Crippen LogP contribution in [-0.4, -0.2) is 32.2 Å². The third kappa shape index (κ3) is 5.77. The molecule has 0 atom stereocenters. The van der Waals surface area contributed by atoms with Gasteiger partial charge in [-0.05, 0) is 60.7 Å². The summed E-state index contributed by atoms with van der Waals surface area (Å²) >= 11 is 5.89. The maximum Gasteiger partial charge on any atom is 0.416 e. The maximum absolute atomic E-state index is 13.2. The minimum atomic E-state index is -4.52. The Bertz CT molecular complexity index is 1150. The van der Waals surface area contributed by atoms with Crippen molar-refractivity contribution in [1.82, 2.24) is 0 Å². The fraction of sp³-hybridized carbons (Fsp3) is 0.208. The van der Waals surface area contributed by atoms with Gasteiger partial charge in [0.1, 0.15) is 11.5 Å². The van der Waals surface area contributed by atoms with Crippen molar-refractivity contribution in [2.24, 2.45) is 0 Å². The molecular weight excluding hydrogens is 457 g/mol. The molecule has 0 bridgehead atoms. The van der Waals surface area contributed by atoms with Crippen molar-refractivity contribution in [3.8, 4) is 11.3 Å². The van der Waals surface area contributed by atoms with Crippen molar-refractivity contribution in [3.05, 3.63) is 77.0 Å². The van der Waals surface area contributed by atoms with Crippen LogP contribution in [0.5, 0.6) is 0 Å². The van der Waals surface area contributed by atoms with E-state index in [1.807, 2.05) is 17.0 Å². The van der Waals surface area contributed by atoms with Crippen molar-refractivity contribution in [2.45, 2.75) is 6.18 Å². The number of nitrogens with zero attached hydrogens (tertiary/aromatic N) is 1. The zero-order valence-corrected chi connectivity index (χ0v) is 18.1. The molecule has 0 spiro atoms. The van der Waals surface area contributed by atoms with Gasteiger partial charge in [-0.2, -0.15) is 13.2 Å². The average molecular weight is 477 g/mol. The molecule has 3 aromatic rings. The van der Waals surface area contributed by atoms with E-state index in [0.717, 1.165) is 17.7 Å². The first kappa shape index (κ1) is 22.9. The van der Waals surface area contributed by atoms with E-state index < -0.39 is 17.6 Å². The van der Waals surface area contributed by atoms with Gasteiger partial charge in [0, 0.05) is 29.8 Å². The van der Waals surface area contributed by atoms with Crippen molar-refractivity contribution < 1.29 is 27.1 Å². The predicted octanol–water partition coefficient (Wildman–Crippen LogP) is 6.11. The number of amides is 1. The molecule has 0 aliphatic carbocycles. The van der Waals surface area contributed by atoms with Gasteiger partial charge in [0.25, 0.3) is 0 Å². The number of benzene rings is 2. The number of hydrogen-bond acceptors (Lipinski definition) is 4. The molecular formula is C24H20ClF3N2O3. The lowest BCUT2D eigenvalue weighted by molar-refractivity contribution is -0.137. The van der Waals surface area contributed by atoms with Gasteiger partial charge in [-0.3, -0.25) is 4.79 Å². The number of halogens is 4. The van der Waals surface area contributed by atoms with Gasteiger partial charge in [-0.1, -0.05) is 11.6 Å². The molecule has 1 aliphatic rings. The highest BCUT2D eigenvalue weighted by molar-refractivity contribution is 6.30. The molecule has 172 valence electrons. The fourth-order valence-corrected chi connectivity index (χ4v) is 3.56. The first-order chi connectivity index (χ1) is 15.8. The Morgan fingerprint density at radius 1 is 1.03 bits per heavy atom. The molecule has 0 saturated carbocycles. The number of rotatable bonds is 5. The van der Waals surface area contributed by atoms with Gasteiger partial charge in [-0.15, -0.1) is 0 Å². The first-order valence-corrected chi connectivity index (χ1v) is 10.6. The molecule has 0 radical (unpaired) electrons. The van der Waals surface area contributed by atoms with E-state index >= 15 is 0 Å². The number of nitrogens with one attached hydrogen (secondary N) is 1. The summed E-state index contributed by atoms with van der Waals surface area (Å²) in [7, 11) is 0. The van der Waals surface area contributed by atoms with Crippen molar-refractivity contribution >= 4 is 35.0 Å². The molecule has 2 aromatic carbocycles. The average Bonchev–Trinajstić information content (AvgIpc) is 3.27. The quantitative estimate of drug-likeness (QED) is 0.452. The zero-order valence-electron chi connectivity index (χ0n) is 17.4. The number of morpholine rings is 1. The third-order valence-corrected chi connectivity index (χ3v) is 5.34. The summed E-state index contributed by atoms with van der Waals surface area (Å²) in [6.45, 7) is 1.96. The van der Waals surface area contributed by atoms with E-state index in [1.54, 1.807) is 24.3 Å². The van der Waals surface area contributed by atoms with Gasteiger partial charge in [0.15, 0.2) is 0 Å². The third-order valence-electron chi connectivity index (χ3n) is 5.09. The van der Waals surface area contributed by atoms with E-state index in [4.69, 9.17) is 20.8 Å². The Labute approximate surface area is 193 Å². The fourth-order valence-electron chi connectivity index (χ4n) is 3.44. The minimum absolute atomic E-state index is 0.0858. The number of anilines is 2. The SMILES string of the molecule is O=C(C=Cc1ccc(-c2ccc(Cl)cc2)o1)Nc1cc(C(F)(F)F)ccc1N1CCOCC1. The van der Waals surface area contributed by atoms with E-state index in [0.29, 0.717) is 48.5 Å². The van der Waals surface area contributed by atoms with Gasteiger partial charge in [0.05, 0.1) is 30.2 Å². The van der Waals surface area contributed by atoms with Crippen LogP contribution in [0.25, 0.3) is 17.4 Å². The first-order valence-electron chi connectivity index (χ1n) is 10.2. The number of furan rings is 1. The highest BCUT2D eigenvalue weighted by Gasteiger charge is 2.31. The smallest absolute Gasteiger partial charge is 0.416 e. The summed E-state index contributed by atoms with van der Waals surface area (Å²) in [5.41, 5.74) is 0.582. The van der Waals surface area contributed by atoms with E-state index in [9.17, 15) is 18.0 Å². The monoisotopic (exact) mass is 476 g/mol. The number of ether oxygens (including phenoxy) is 1. The summed E-state index contributed by atoms with van der Waals surface area (Å²) in [5.74, 6) is 0.444. The van der Waals surface area contributed by atoms with Crippen LogP contribution in [0.4, 0.5) is 24.5 Å². The van der Waals surface area contributed by atoms with Crippen LogP contribution in [0.3, 0.4) is 0 Å². The Hall–Kier alpha value is -3.23. The van der Waals surface area contributed by atoms with Gasteiger partial charge < -0.3 is 19.4 Å². The second-order valence-corrected chi connectivity index (χ2v) is 7.80. The maximum atomic E-state index is 13.2. The minimum Gasteiger partial charge on any atom is -0.457 e. The van der Waals surface area contributed by atoms with Crippen LogP contribution in [0.2, 0.25) is 5.02 Å². The number of carbonyl (C=O) groups excluding carboxylic acids is 1. The van der Waals surface area contributed by atoms with Crippen molar-refractivity contribution in [3.63, 3.8) is 0 Å². The largest absolute Gasteiger partial charge is 0.457 e. The Balaban J connectivity index is 1.51. The molecule has 9 heteroatoms. The Kier molecular flexibility index (Phi) is 6.76. The van der Waals surface area contributed by atoms with Gasteiger partial charge in [0.2, 0.25) is 5.91 Å². The second-order valence-electron chi connectivity index (χ2n) is 7.36. The van der Waals surface area contributed by atoms with Gasteiger partial charge in [-0.25, -0.2) is 0 Å². The van der Waals surface area contributed by atoms with E-state index in [1.165, 1.54) is 18.2 Å². The summed E-state index contributed by atoms with van der Waals surface area (Å²) < 4.78 is 50.7. The second kappa shape index (κ2) is 9.72. The zero-order chi connectivity index (χ0) is 23.4. The molecule has 1 amide bonds. The molecule has 4 rings (SSSR count). The number of carbonyl (C=O) groups is 1. The molecule has 1 N–H and O–H groups in total. The van der Waals surface area contributed by atoms with Crippen LogP contribution in [0.1, 0.15) is 11.3 Å². The van der Waals surface area contributed by atoms with Crippen LogP contribution in [-0.2, 0) is 15.7 Å². The summed E-state index contributed by atoms with van der Waals surface area (Å²) in [6, 6.07) is 13.9. The Morgan fingerprint density at radius 2 is 1.76 bits per heavy atom. The molecule has 33 heavy (non-hydrogen) atoms. The van der Waals surface area contributed by atoms with Crippen LogP contribution in [0.15, 0.2) is 65.1 Å². The highest BCUT2D eigenvalue weighted by atomic mass is 35.5. The van der Waals surface area contributed by atoms with E-state index in [-0.39, 0.29) is 5.69 Å². The summed E-state index contributed by atoms with van der Waals surface area (Å²) in [6.07, 6.45) is -1.85. The molecule has 5 nitrogen and oxygen atoms in total. The molecule has 1 aromatic heterocycles. The Morgan fingerprint density at radius 3 is 2.45 bits per heavy atom. The molecule has 1 aliphatic heterocycles. The number of hydrogen-bond donors (Lipinski definition) is 1. The topological polar surface area (TPSA) is 54.7 Å². The lowest BCUT2D eigenvalue weighted by Crippen LogP contribution is -2.36. The molecule has 2 heterocycles. The number of alkyl halides is 3. The summed E-state index contributed by atoms with van der Waals surface area (Å²) in [4.78, 5) is 14.4. The summed E-state index contributed by atoms with van der Waals surface area (Å²) in [5, 5.41) is 3.18. The van der Waals surface area contributed by atoms with Gasteiger partial charge >= 0.3 is 6.18 Å². The lowest BCUT2D eigenvalue weighted by atomic mass is 10.1. The normalized spacial score (nSPS) is 14.6. The van der Waals surface area contributed by atoms with Crippen LogP contribution in [0, 0.1) is 0 Å². The van der Waals surface area contributed by atoms with Crippen LogP contribution >= 0.6 is 11.6 Å². The van der Waals surface area contributed by atoms with E-state index in [2.05, 4.69) is 5.32 Å².